The Morgan fingerprint density at radius 1 is 1.13 bits per heavy atom. The smallest absolute Gasteiger partial charge is 0.224 e. The number of nitrogens with one attached hydrogen (secondary N) is 1. The molecule has 1 saturated carbocycles. The molecule has 2 saturated heterocycles. The van der Waals surface area contributed by atoms with Gasteiger partial charge in [-0.25, -0.2) is 0 Å². The monoisotopic (exact) mass is 464 g/mol. The first-order valence-electron chi connectivity index (χ1n) is 10.3. The van der Waals surface area contributed by atoms with Gasteiger partial charge in [-0.15, -0.1) is 0 Å². The fourth-order valence-corrected chi connectivity index (χ4v) is 4.39. The quantitative estimate of drug-likeness (QED) is 0.651. The normalized spacial score (nSPS) is 25.4. The van der Waals surface area contributed by atoms with Crippen molar-refractivity contribution in [1.82, 2.24) is 10.2 Å². The van der Waals surface area contributed by atoms with Gasteiger partial charge in [0.15, 0.2) is 5.78 Å². The fourth-order valence-electron chi connectivity index (χ4n) is 4.39. The van der Waals surface area contributed by atoms with E-state index in [1.165, 1.54) is 19.3 Å². The molecule has 9 heteroatoms. The van der Waals surface area contributed by atoms with Crippen LogP contribution in [-0.2, 0) is 23.9 Å². The first-order chi connectivity index (χ1) is 13.0. The van der Waals surface area contributed by atoms with Crippen LogP contribution in [0.3, 0.4) is 0 Å². The van der Waals surface area contributed by atoms with E-state index in [4.69, 9.17) is 9.47 Å². The Hall–Kier alpha value is -0.770. The van der Waals surface area contributed by atoms with Gasteiger partial charge in [-0.05, 0) is 19.3 Å². The topological polar surface area (TPSA) is 84.9 Å². The van der Waals surface area contributed by atoms with Crippen LogP contribution in [0.15, 0.2) is 0 Å². The molecule has 0 aromatic heterocycles. The number of hydrogen-bond donors (Lipinski definition) is 1. The van der Waals surface area contributed by atoms with Gasteiger partial charge >= 0.3 is 0 Å². The third-order valence-corrected chi connectivity index (χ3v) is 6.10. The zero-order chi connectivity index (χ0) is 19.2. The summed E-state index contributed by atoms with van der Waals surface area (Å²) in [6, 6.07) is -0.593. The fraction of sp³-hybridized carbons (Fsp3) is 0.857. The highest BCUT2D eigenvalue weighted by atomic mass is 32.1. The van der Waals surface area contributed by atoms with Crippen molar-refractivity contribution in [2.75, 3.05) is 32.9 Å². The predicted octanol–water partition coefficient (Wildman–Crippen LogP) is 2.16. The highest BCUT2D eigenvalue weighted by Gasteiger charge is 2.36. The van der Waals surface area contributed by atoms with E-state index in [1.807, 2.05) is 0 Å². The summed E-state index contributed by atoms with van der Waals surface area (Å²) in [4.78, 5) is 39.4. The second-order valence-electron chi connectivity index (χ2n) is 8.10. The molecule has 0 aromatic rings. The van der Waals surface area contributed by atoms with Crippen LogP contribution < -0.4 is 5.32 Å². The van der Waals surface area contributed by atoms with Crippen LogP contribution in [-0.4, -0.2) is 67.6 Å². The first-order valence-corrected chi connectivity index (χ1v) is 10.3. The third-order valence-electron chi connectivity index (χ3n) is 6.10. The van der Waals surface area contributed by atoms with Gasteiger partial charge < -0.3 is 19.7 Å². The molecule has 3 rings (SSSR count). The van der Waals surface area contributed by atoms with Gasteiger partial charge in [0, 0.05) is 25.4 Å². The van der Waals surface area contributed by atoms with Crippen LogP contribution in [0, 0.1) is 11.8 Å². The van der Waals surface area contributed by atoms with Crippen molar-refractivity contribution in [2.24, 2.45) is 11.8 Å². The van der Waals surface area contributed by atoms with E-state index in [9.17, 15) is 14.4 Å². The molecule has 3 atom stereocenters. The Balaban J connectivity index is 0.00000280. The average Bonchev–Trinajstić information content (AvgIpc) is 3.01. The molecular weight excluding hydrogens is 424 g/mol. The lowest BCUT2D eigenvalue weighted by molar-refractivity contribution is -0.140. The first kappa shape index (κ1) is 29.2. The van der Waals surface area contributed by atoms with Crippen LogP contribution in [0.2, 0.25) is 0 Å². The van der Waals surface area contributed by atoms with Crippen molar-refractivity contribution >= 4 is 44.6 Å². The van der Waals surface area contributed by atoms with Crippen LogP contribution in [0.5, 0.6) is 0 Å². The molecule has 0 bridgehead atoms. The van der Waals surface area contributed by atoms with Crippen LogP contribution >= 0.6 is 27.0 Å². The second kappa shape index (κ2) is 14.3. The van der Waals surface area contributed by atoms with E-state index in [-0.39, 0.29) is 77.1 Å². The molecule has 0 aromatic carbocycles. The summed E-state index contributed by atoms with van der Waals surface area (Å²) in [6.07, 6.45) is 6.51. The largest absolute Gasteiger partial charge is 0.378 e. The third kappa shape index (κ3) is 8.05. The molecule has 0 radical (unpaired) electrons. The van der Waals surface area contributed by atoms with Crippen molar-refractivity contribution in [3.8, 4) is 0 Å². The number of carbonyl (C=O) groups excluding carboxylic acids is 3. The number of ether oxygens (including phenoxy) is 2. The van der Waals surface area contributed by atoms with Crippen LogP contribution in [0.25, 0.3) is 0 Å². The van der Waals surface area contributed by atoms with E-state index in [2.05, 4.69) is 5.32 Å². The molecule has 0 spiro atoms. The number of rotatable bonds is 6. The molecule has 7 nitrogen and oxygen atoms in total. The minimum Gasteiger partial charge on any atom is -0.378 e. The van der Waals surface area contributed by atoms with E-state index in [0.29, 0.717) is 32.2 Å². The van der Waals surface area contributed by atoms with Crippen molar-refractivity contribution in [3.05, 3.63) is 0 Å². The summed E-state index contributed by atoms with van der Waals surface area (Å²) in [5, 5.41) is 2.87. The van der Waals surface area contributed by atoms with Crippen LogP contribution in [0.1, 0.15) is 59.3 Å². The molecule has 2 amide bonds. The van der Waals surface area contributed by atoms with Crippen molar-refractivity contribution in [2.45, 2.75) is 71.4 Å². The van der Waals surface area contributed by atoms with Gasteiger partial charge in [-0.2, -0.15) is 27.0 Å². The number of Topliss-reactive ketones (excluding diaryl/α,β-unsaturated/α-hetero) is 1. The zero-order valence-corrected chi connectivity index (χ0v) is 19.3. The van der Waals surface area contributed by atoms with Crippen LogP contribution in [0.4, 0.5) is 0 Å². The standard InChI is InChI=1S/C20H32N2O5.CH4.2H2S/c1-14-19(17(23)13-27-14)21-20(25)16(11-15-5-3-2-4-6-15)12-18(24)22-7-9-26-10-8-22;;;/h14-16,19H,2-13H2,1H3,(H,21,25);1H4;2*1H2/t14-,16+,19-;;;/m0.../s1. The van der Waals surface area contributed by atoms with Gasteiger partial charge in [-0.3, -0.25) is 14.4 Å². The summed E-state index contributed by atoms with van der Waals surface area (Å²) in [5.41, 5.74) is 0. The van der Waals surface area contributed by atoms with Gasteiger partial charge in [0.1, 0.15) is 12.6 Å². The van der Waals surface area contributed by atoms with Gasteiger partial charge in [-0.1, -0.05) is 39.5 Å². The lowest BCUT2D eigenvalue weighted by atomic mass is 9.81. The molecule has 1 N–H and O–H groups in total. The average molecular weight is 465 g/mol. The highest BCUT2D eigenvalue weighted by molar-refractivity contribution is 7.59. The molecule has 30 heavy (non-hydrogen) atoms. The van der Waals surface area contributed by atoms with Crippen molar-refractivity contribution in [3.63, 3.8) is 0 Å². The minimum atomic E-state index is -0.593. The molecule has 1 aliphatic carbocycles. The Kier molecular flexibility index (Phi) is 14.0. The zero-order valence-electron chi connectivity index (χ0n) is 17.3. The van der Waals surface area contributed by atoms with E-state index in [1.54, 1.807) is 11.8 Å². The Morgan fingerprint density at radius 2 is 1.77 bits per heavy atom. The maximum atomic E-state index is 13.0. The summed E-state index contributed by atoms with van der Waals surface area (Å²) in [7, 11) is 0. The molecule has 2 aliphatic heterocycles. The highest BCUT2D eigenvalue weighted by Crippen LogP contribution is 2.31. The molecule has 0 unspecified atom stereocenters. The SMILES string of the molecule is C.C[C@@H]1OCC(=O)[C@H]1NC(=O)[C@@H](CC(=O)N1CCOCC1)CC1CCCCC1.S.S. The van der Waals surface area contributed by atoms with E-state index in [0.717, 1.165) is 19.3 Å². The second-order valence-corrected chi connectivity index (χ2v) is 8.10. The van der Waals surface area contributed by atoms with E-state index >= 15 is 0 Å². The number of ketones is 1. The molecular formula is C21H40N2O5S2. The molecule has 3 fully saturated rings. The lowest BCUT2D eigenvalue weighted by Gasteiger charge is -2.30. The van der Waals surface area contributed by atoms with E-state index < -0.39 is 6.04 Å². The number of hydrogen-bond acceptors (Lipinski definition) is 5. The molecule has 2 heterocycles. The number of carbonyl (C=O) groups is 3. The van der Waals surface area contributed by atoms with Gasteiger partial charge in [0.25, 0.3) is 0 Å². The summed E-state index contributed by atoms with van der Waals surface area (Å²) >= 11 is 0. The Labute approximate surface area is 194 Å². The maximum absolute atomic E-state index is 13.0. The summed E-state index contributed by atoms with van der Waals surface area (Å²) in [5.74, 6) is -0.162. The maximum Gasteiger partial charge on any atom is 0.224 e. The summed E-state index contributed by atoms with van der Waals surface area (Å²) < 4.78 is 10.6. The number of nitrogens with zero attached hydrogens (tertiary/aromatic N) is 1. The predicted molar refractivity (Wildman–Crippen MR) is 127 cm³/mol. The minimum absolute atomic E-state index is 0. The van der Waals surface area contributed by atoms with Gasteiger partial charge in [0.05, 0.1) is 19.3 Å². The molecule has 3 aliphatic rings. The lowest BCUT2D eigenvalue weighted by Crippen LogP contribution is -2.48. The van der Waals surface area contributed by atoms with Gasteiger partial charge in [0.2, 0.25) is 11.8 Å². The van der Waals surface area contributed by atoms with Crippen molar-refractivity contribution in [1.29, 1.82) is 0 Å². The number of amides is 2. The number of morpholine rings is 1. The summed E-state index contributed by atoms with van der Waals surface area (Å²) in [6.45, 7) is 4.12. The molecule has 176 valence electrons. The Bertz CT molecular complexity index is 552. The van der Waals surface area contributed by atoms with Crippen molar-refractivity contribution < 1.29 is 23.9 Å². The Morgan fingerprint density at radius 3 is 2.33 bits per heavy atom.